The number of quaternary nitrogens is 1. The zero-order valence-electron chi connectivity index (χ0n) is 20.6. The van der Waals surface area contributed by atoms with Gasteiger partial charge in [0.25, 0.3) is 0 Å². The van der Waals surface area contributed by atoms with Crippen molar-refractivity contribution in [1.29, 1.82) is 0 Å². The van der Waals surface area contributed by atoms with E-state index in [0.29, 0.717) is 17.4 Å². The normalized spacial score (nSPS) is 13.8. The third-order valence-electron chi connectivity index (χ3n) is 5.58. The Hall–Kier alpha value is -1.10. The van der Waals surface area contributed by atoms with Crippen LogP contribution in [0, 0.1) is 5.92 Å². The van der Waals surface area contributed by atoms with Crippen molar-refractivity contribution >= 4 is 11.9 Å². The van der Waals surface area contributed by atoms with Crippen molar-refractivity contribution in [2.75, 3.05) is 27.7 Å². The van der Waals surface area contributed by atoms with E-state index in [9.17, 15) is 9.59 Å². The summed E-state index contributed by atoms with van der Waals surface area (Å²) >= 11 is 0. The largest absolute Gasteiger partial charge is 0.481 e. The number of unbranched alkanes of at least 4 members (excludes halogenated alkanes) is 9. The zero-order valence-corrected chi connectivity index (χ0v) is 20.6. The van der Waals surface area contributed by atoms with E-state index in [1.165, 1.54) is 64.2 Å². The molecule has 5 heteroatoms. The summed E-state index contributed by atoms with van der Waals surface area (Å²) in [7, 11) is 5.91. The third kappa shape index (κ3) is 20.2. The molecule has 0 aliphatic heterocycles. The molecule has 0 saturated heterocycles. The summed E-state index contributed by atoms with van der Waals surface area (Å²) in [6.07, 6.45) is 16.2. The summed E-state index contributed by atoms with van der Waals surface area (Å²) < 4.78 is 6.00. The predicted molar refractivity (Wildman–Crippen MR) is 125 cm³/mol. The number of hydrogen-bond donors (Lipinski definition) is 1. The van der Waals surface area contributed by atoms with E-state index in [-0.39, 0.29) is 12.4 Å². The molecule has 0 aromatic heterocycles. The molecule has 30 heavy (non-hydrogen) atoms. The van der Waals surface area contributed by atoms with Gasteiger partial charge >= 0.3 is 11.9 Å². The molecule has 2 atom stereocenters. The number of likely N-dealkylation sites (N-methyl/N-ethyl adjacent to an activating group) is 1. The number of carbonyl (C=O) groups excluding carboxylic acids is 1. The average Bonchev–Trinajstić information content (AvgIpc) is 2.61. The van der Waals surface area contributed by atoms with Crippen LogP contribution >= 0.6 is 0 Å². The van der Waals surface area contributed by atoms with E-state index in [4.69, 9.17) is 9.84 Å². The second kappa shape index (κ2) is 17.6. The van der Waals surface area contributed by atoms with Crippen LogP contribution < -0.4 is 0 Å². The Labute approximate surface area is 186 Å². The van der Waals surface area contributed by atoms with E-state index in [1.807, 2.05) is 21.1 Å². The Morgan fingerprint density at radius 3 is 1.83 bits per heavy atom. The fourth-order valence-corrected chi connectivity index (χ4v) is 3.90. The second-order valence-corrected chi connectivity index (χ2v) is 10.2. The van der Waals surface area contributed by atoms with Gasteiger partial charge in [0.1, 0.15) is 6.54 Å². The van der Waals surface area contributed by atoms with Crippen LogP contribution in [0.2, 0.25) is 0 Å². The maximum Gasteiger partial charge on any atom is 0.307 e. The first-order valence-electron chi connectivity index (χ1n) is 12.4. The fourth-order valence-electron chi connectivity index (χ4n) is 3.90. The van der Waals surface area contributed by atoms with Gasteiger partial charge in [-0.2, -0.15) is 0 Å². The lowest BCUT2D eigenvalue weighted by Gasteiger charge is -2.28. The van der Waals surface area contributed by atoms with Crippen LogP contribution in [-0.4, -0.2) is 55.3 Å². The van der Waals surface area contributed by atoms with Crippen molar-refractivity contribution in [1.82, 2.24) is 0 Å². The first-order chi connectivity index (χ1) is 14.1. The Morgan fingerprint density at radius 2 is 1.33 bits per heavy atom. The maximum absolute atomic E-state index is 12.0. The van der Waals surface area contributed by atoms with Gasteiger partial charge in [0.2, 0.25) is 0 Å². The van der Waals surface area contributed by atoms with E-state index in [0.717, 1.165) is 25.2 Å². The van der Waals surface area contributed by atoms with E-state index in [1.54, 1.807) is 0 Å². The summed E-state index contributed by atoms with van der Waals surface area (Å²) in [6.45, 7) is 5.17. The number of rotatable bonds is 20. The summed E-state index contributed by atoms with van der Waals surface area (Å²) in [4.78, 5) is 23.0. The number of nitrogens with zero attached hydrogens (tertiary/aromatic N) is 1. The van der Waals surface area contributed by atoms with Crippen LogP contribution in [0.5, 0.6) is 0 Å². The minimum absolute atomic E-state index is 0.126. The summed E-state index contributed by atoms with van der Waals surface area (Å²) in [5.74, 6) is -0.302. The molecule has 5 nitrogen and oxygen atoms in total. The van der Waals surface area contributed by atoms with Crippen molar-refractivity contribution in [3.05, 3.63) is 0 Å². The number of ether oxygens (including phenoxy) is 1. The standard InChI is InChI=1S/C25H49NO4/c1-6-7-14-17-22(2)18-15-12-10-8-9-11-13-16-19-25(29)30-23(20-24(27)28)21-26(3,4)5/h22-23H,6-21H2,1-5H3/p+1. The molecule has 0 spiro atoms. The topological polar surface area (TPSA) is 63.6 Å². The number of hydrogen-bond acceptors (Lipinski definition) is 3. The highest BCUT2D eigenvalue weighted by atomic mass is 16.5. The molecule has 0 fully saturated rings. The SMILES string of the molecule is CCCCCC(C)CCCCCCCCCCC(=O)OC(CC(=O)O)C[N+](C)(C)C. The highest BCUT2D eigenvalue weighted by Gasteiger charge is 2.24. The number of aliphatic carboxylic acids is 1. The highest BCUT2D eigenvalue weighted by Crippen LogP contribution is 2.18. The van der Waals surface area contributed by atoms with Crippen LogP contribution in [0.1, 0.15) is 110 Å². The van der Waals surface area contributed by atoms with Crippen LogP contribution in [-0.2, 0) is 14.3 Å². The van der Waals surface area contributed by atoms with Crippen LogP contribution in [0.25, 0.3) is 0 Å². The minimum atomic E-state index is -0.924. The lowest BCUT2D eigenvalue weighted by atomic mass is 9.96. The first-order valence-corrected chi connectivity index (χ1v) is 12.4. The molecule has 0 radical (unpaired) electrons. The van der Waals surface area contributed by atoms with Crippen LogP contribution in [0.3, 0.4) is 0 Å². The van der Waals surface area contributed by atoms with Gasteiger partial charge < -0.3 is 14.3 Å². The maximum atomic E-state index is 12.0. The van der Waals surface area contributed by atoms with Crippen molar-refractivity contribution in [2.24, 2.45) is 5.92 Å². The van der Waals surface area contributed by atoms with Gasteiger partial charge in [-0.05, 0) is 12.3 Å². The second-order valence-electron chi connectivity index (χ2n) is 10.2. The third-order valence-corrected chi connectivity index (χ3v) is 5.58. The molecule has 1 N–H and O–H groups in total. The number of esters is 1. The van der Waals surface area contributed by atoms with Gasteiger partial charge in [-0.25, -0.2) is 0 Å². The molecule has 0 rings (SSSR count). The molecular formula is C25H50NO4+. The zero-order chi connectivity index (χ0) is 22.8. The first kappa shape index (κ1) is 28.9. The summed E-state index contributed by atoms with van der Waals surface area (Å²) in [5.41, 5.74) is 0. The molecule has 0 saturated carbocycles. The van der Waals surface area contributed by atoms with Gasteiger partial charge in [0.15, 0.2) is 6.10 Å². The molecule has 0 heterocycles. The highest BCUT2D eigenvalue weighted by molar-refractivity contribution is 5.71. The van der Waals surface area contributed by atoms with Crippen LogP contribution in [0.15, 0.2) is 0 Å². The van der Waals surface area contributed by atoms with Gasteiger partial charge in [0, 0.05) is 6.42 Å². The van der Waals surface area contributed by atoms with E-state index < -0.39 is 12.1 Å². The van der Waals surface area contributed by atoms with E-state index in [2.05, 4.69) is 13.8 Å². The number of carboxylic acids is 1. The Kier molecular flexibility index (Phi) is 16.9. The Balaban J connectivity index is 3.66. The predicted octanol–water partition coefficient (Wildman–Crippen LogP) is 6.20. The lowest BCUT2D eigenvalue weighted by Crippen LogP contribution is -2.43. The number of carboxylic acid groups (broad SMARTS) is 1. The van der Waals surface area contributed by atoms with Gasteiger partial charge in [0.05, 0.1) is 27.6 Å². The Morgan fingerprint density at radius 1 is 0.833 bits per heavy atom. The fraction of sp³-hybridized carbons (Fsp3) is 0.920. The van der Waals surface area contributed by atoms with Gasteiger partial charge in [-0.1, -0.05) is 90.9 Å². The quantitative estimate of drug-likeness (QED) is 0.142. The summed E-state index contributed by atoms with van der Waals surface area (Å²) in [5, 5.41) is 9.02. The molecule has 0 aromatic carbocycles. The van der Waals surface area contributed by atoms with Crippen molar-refractivity contribution < 1.29 is 23.9 Å². The van der Waals surface area contributed by atoms with Crippen molar-refractivity contribution in [3.8, 4) is 0 Å². The molecule has 178 valence electrons. The Bertz CT molecular complexity index is 445. The average molecular weight is 429 g/mol. The minimum Gasteiger partial charge on any atom is -0.481 e. The number of carbonyl (C=O) groups is 2. The molecule has 0 aliphatic carbocycles. The van der Waals surface area contributed by atoms with Crippen molar-refractivity contribution in [2.45, 2.75) is 116 Å². The smallest absolute Gasteiger partial charge is 0.307 e. The molecule has 0 amide bonds. The van der Waals surface area contributed by atoms with Gasteiger partial charge in [-0.3, -0.25) is 9.59 Å². The molecular weight excluding hydrogens is 378 g/mol. The molecule has 0 aromatic rings. The van der Waals surface area contributed by atoms with E-state index >= 15 is 0 Å². The lowest BCUT2D eigenvalue weighted by molar-refractivity contribution is -0.873. The molecule has 0 aliphatic rings. The van der Waals surface area contributed by atoms with Gasteiger partial charge in [-0.15, -0.1) is 0 Å². The monoisotopic (exact) mass is 428 g/mol. The molecule has 0 bridgehead atoms. The molecule has 2 unspecified atom stereocenters. The van der Waals surface area contributed by atoms with Crippen LogP contribution in [0.4, 0.5) is 0 Å². The van der Waals surface area contributed by atoms with Crippen molar-refractivity contribution in [3.63, 3.8) is 0 Å². The summed E-state index contributed by atoms with van der Waals surface area (Å²) in [6, 6.07) is 0.